The molecule has 0 saturated carbocycles. The summed E-state index contributed by atoms with van der Waals surface area (Å²) in [7, 11) is 1.61. The van der Waals surface area contributed by atoms with Crippen LogP contribution in [0.25, 0.3) is 0 Å². The van der Waals surface area contributed by atoms with E-state index in [2.05, 4.69) is 5.32 Å². The van der Waals surface area contributed by atoms with Crippen molar-refractivity contribution in [3.8, 4) is 6.07 Å². The van der Waals surface area contributed by atoms with Crippen LogP contribution < -0.4 is 5.32 Å². The van der Waals surface area contributed by atoms with Gasteiger partial charge in [0.1, 0.15) is 5.69 Å². The van der Waals surface area contributed by atoms with Crippen LogP contribution in [0.2, 0.25) is 0 Å². The number of nitriles is 1. The normalized spacial score (nSPS) is 11.3. The average molecular weight is 290 g/mol. The summed E-state index contributed by atoms with van der Waals surface area (Å²) < 4.78 is 0. The molecule has 0 bridgehead atoms. The van der Waals surface area contributed by atoms with Gasteiger partial charge in [-0.2, -0.15) is 5.26 Å². The van der Waals surface area contributed by atoms with E-state index < -0.39 is 4.92 Å². The second-order valence-electron chi connectivity index (χ2n) is 4.65. The van der Waals surface area contributed by atoms with E-state index in [1.165, 1.54) is 23.1 Å². The number of rotatable bonds is 6. The van der Waals surface area contributed by atoms with Crippen LogP contribution in [0.1, 0.15) is 30.6 Å². The Labute approximate surface area is 123 Å². The van der Waals surface area contributed by atoms with Gasteiger partial charge < -0.3 is 10.2 Å². The lowest BCUT2D eigenvalue weighted by molar-refractivity contribution is -0.384. The Bertz CT molecular complexity index is 580. The molecule has 21 heavy (non-hydrogen) atoms. The van der Waals surface area contributed by atoms with Crippen molar-refractivity contribution in [2.45, 2.75) is 26.3 Å². The molecule has 0 spiro atoms. The minimum absolute atomic E-state index is 0.0684. The van der Waals surface area contributed by atoms with Gasteiger partial charge >= 0.3 is 0 Å². The van der Waals surface area contributed by atoms with E-state index in [-0.39, 0.29) is 24.1 Å². The third-order valence-electron chi connectivity index (χ3n) is 3.18. The lowest BCUT2D eigenvalue weighted by Gasteiger charge is -2.23. The maximum absolute atomic E-state index is 12.3. The topological polar surface area (TPSA) is 99.3 Å². The highest BCUT2D eigenvalue weighted by Crippen LogP contribution is 2.26. The van der Waals surface area contributed by atoms with Crippen LogP contribution in [0, 0.1) is 21.4 Å². The zero-order valence-electron chi connectivity index (χ0n) is 12.3. The second-order valence-corrected chi connectivity index (χ2v) is 4.65. The quantitative estimate of drug-likeness (QED) is 0.640. The Balaban J connectivity index is 3.08. The maximum Gasteiger partial charge on any atom is 0.292 e. The number of amides is 1. The van der Waals surface area contributed by atoms with Gasteiger partial charge in [0.2, 0.25) is 0 Å². The summed E-state index contributed by atoms with van der Waals surface area (Å²) in [6, 6.07) is 6.01. The first-order valence-electron chi connectivity index (χ1n) is 6.58. The summed E-state index contributed by atoms with van der Waals surface area (Å²) in [4.78, 5) is 24.2. The number of carbonyl (C=O) groups excluding carboxylic acids is 1. The maximum atomic E-state index is 12.3. The summed E-state index contributed by atoms with van der Waals surface area (Å²) in [5.41, 5.74) is 0.597. The molecule has 1 amide bonds. The summed E-state index contributed by atoms with van der Waals surface area (Å²) in [6.45, 7) is 4.11. The molecular formula is C14H18N4O3. The van der Waals surface area contributed by atoms with Crippen LogP contribution in [-0.2, 0) is 0 Å². The van der Waals surface area contributed by atoms with E-state index in [0.717, 1.165) is 0 Å². The van der Waals surface area contributed by atoms with Gasteiger partial charge in [-0.25, -0.2) is 0 Å². The number of nitro groups is 1. The molecule has 0 aliphatic carbocycles. The molecule has 0 saturated heterocycles. The zero-order valence-corrected chi connectivity index (χ0v) is 12.3. The Kier molecular flexibility index (Phi) is 5.67. The molecule has 0 radical (unpaired) electrons. The van der Waals surface area contributed by atoms with Gasteiger partial charge in [-0.05, 0) is 26.0 Å². The van der Waals surface area contributed by atoms with Crippen LogP contribution in [0.5, 0.6) is 0 Å². The number of hydrogen-bond donors (Lipinski definition) is 1. The molecule has 7 heteroatoms. The Morgan fingerprint density at radius 2 is 2.24 bits per heavy atom. The van der Waals surface area contributed by atoms with Crippen LogP contribution in [0.3, 0.4) is 0 Å². The number of anilines is 1. The Morgan fingerprint density at radius 1 is 1.57 bits per heavy atom. The van der Waals surface area contributed by atoms with Crippen LogP contribution in [0.15, 0.2) is 18.2 Å². The van der Waals surface area contributed by atoms with Gasteiger partial charge in [0.05, 0.1) is 17.4 Å². The minimum atomic E-state index is -0.492. The van der Waals surface area contributed by atoms with Crippen LogP contribution in [-0.4, -0.2) is 35.4 Å². The molecule has 0 aliphatic heterocycles. The van der Waals surface area contributed by atoms with Crippen LogP contribution >= 0.6 is 0 Å². The Hall–Kier alpha value is -2.62. The van der Waals surface area contributed by atoms with E-state index in [4.69, 9.17) is 5.26 Å². The fourth-order valence-electron chi connectivity index (χ4n) is 1.83. The zero-order chi connectivity index (χ0) is 16.0. The first kappa shape index (κ1) is 16.4. The second kappa shape index (κ2) is 7.24. The smallest absolute Gasteiger partial charge is 0.292 e. The lowest BCUT2D eigenvalue weighted by atomic mass is 10.1. The molecule has 1 rings (SSSR count). The predicted octanol–water partition coefficient (Wildman–Crippen LogP) is 2.40. The van der Waals surface area contributed by atoms with Gasteiger partial charge in [0.15, 0.2) is 0 Å². The minimum Gasteiger partial charge on any atom is -0.380 e. The van der Waals surface area contributed by atoms with Crippen molar-refractivity contribution in [1.82, 2.24) is 4.90 Å². The van der Waals surface area contributed by atoms with Crippen molar-refractivity contribution < 1.29 is 9.72 Å². The number of hydrogen-bond acceptors (Lipinski definition) is 5. The summed E-state index contributed by atoms with van der Waals surface area (Å²) in [5.74, 6) is -0.271. The molecule has 1 aromatic rings. The van der Waals surface area contributed by atoms with E-state index in [9.17, 15) is 14.9 Å². The molecule has 0 fully saturated rings. The first-order chi connectivity index (χ1) is 9.92. The van der Waals surface area contributed by atoms with Gasteiger partial charge in [0, 0.05) is 31.3 Å². The Morgan fingerprint density at radius 3 is 2.76 bits per heavy atom. The van der Waals surface area contributed by atoms with Crippen molar-refractivity contribution in [3.63, 3.8) is 0 Å². The first-order valence-corrected chi connectivity index (χ1v) is 6.58. The van der Waals surface area contributed by atoms with E-state index in [1.807, 2.05) is 13.0 Å². The fraction of sp³-hybridized carbons (Fsp3) is 0.429. The fourth-order valence-corrected chi connectivity index (χ4v) is 1.83. The summed E-state index contributed by atoms with van der Waals surface area (Å²) in [5, 5.41) is 22.5. The molecular weight excluding hydrogens is 272 g/mol. The van der Waals surface area contributed by atoms with E-state index >= 15 is 0 Å². The molecule has 7 nitrogen and oxygen atoms in total. The summed E-state index contributed by atoms with van der Waals surface area (Å²) >= 11 is 0. The molecule has 1 atom stereocenters. The average Bonchev–Trinajstić information content (AvgIpc) is 2.46. The number of benzene rings is 1. The summed E-state index contributed by atoms with van der Waals surface area (Å²) in [6.07, 6.45) is 0.231. The third kappa shape index (κ3) is 3.92. The van der Waals surface area contributed by atoms with Crippen molar-refractivity contribution in [3.05, 3.63) is 33.9 Å². The van der Waals surface area contributed by atoms with Gasteiger partial charge in [-0.15, -0.1) is 0 Å². The predicted molar refractivity (Wildman–Crippen MR) is 79.0 cm³/mol. The monoisotopic (exact) mass is 290 g/mol. The molecule has 112 valence electrons. The van der Waals surface area contributed by atoms with E-state index in [0.29, 0.717) is 17.8 Å². The van der Waals surface area contributed by atoms with Crippen molar-refractivity contribution in [2.24, 2.45) is 0 Å². The van der Waals surface area contributed by atoms with Gasteiger partial charge in [-0.1, -0.05) is 0 Å². The number of nitro benzene ring substituents is 1. The SMILES string of the molecule is CCNc1cc(C(=O)N(C)C(C)CC#N)ccc1[N+](=O)[O-]. The standard InChI is InChI=1S/C14H18N4O3/c1-4-16-12-9-11(5-6-13(12)18(20)21)14(19)17(3)10(2)7-8-15/h5-6,9-10,16H,4,7H2,1-3H3. The van der Waals surface area contributed by atoms with Crippen molar-refractivity contribution >= 4 is 17.3 Å². The molecule has 0 heterocycles. The number of nitrogens with one attached hydrogen (secondary N) is 1. The van der Waals surface area contributed by atoms with Crippen molar-refractivity contribution in [1.29, 1.82) is 5.26 Å². The molecule has 1 unspecified atom stereocenters. The highest BCUT2D eigenvalue weighted by molar-refractivity contribution is 5.96. The number of carbonyl (C=O) groups is 1. The molecule has 1 N–H and O–H groups in total. The highest BCUT2D eigenvalue weighted by atomic mass is 16.6. The highest BCUT2D eigenvalue weighted by Gasteiger charge is 2.21. The number of nitrogens with zero attached hydrogens (tertiary/aromatic N) is 3. The van der Waals surface area contributed by atoms with Gasteiger partial charge in [-0.3, -0.25) is 14.9 Å². The molecule has 0 aromatic heterocycles. The molecule has 1 aromatic carbocycles. The molecule has 0 aliphatic rings. The van der Waals surface area contributed by atoms with E-state index in [1.54, 1.807) is 14.0 Å². The third-order valence-corrected chi connectivity index (χ3v) is 3.18. The van der Waals surface area contributed by atoms with Crippen LogP contribution in [0.4, 0.5) is 11.4 Å². The lowest BCUT2D eigenvalue weighted by Crippen LogP contribution is -2.34. The van der Waals surface area contributed by atoms with Crippen molar-refractivity contribution in [2.75, 3.05) is 18.9 Å². The largest absolute Gasteiger partial charge is 0.380 e. The van der Waals surface area contributed by atoms with Gasteiger partial charge in [0.25, 0.3) is 11.6 Å².